The van der Waals surface area contributed by atoms with Crippen molar-refractivity contribution in [3.63, 3.8) is 0 Å². The smallest absolute Gasteiger partial charge is 0.287 e. The van der Waals surface area contributed by atoms with Gasteiger partial charge in [-0.05, 0) is 30.9 Å². The second-order valence-electron chi connectivity index (χ2n) is 5.91. The minimum Gasteiger partial charge on any atom is -0.456 e. The summed E-state index contributed by atoms with van der Waals surface area (Å²) in [5.74, 6) is 2.07. The van der Waals surface area contributed by atoms with Crippen LogP contribution in [0.15, 0.2) is 10.5 Å². The Morgan fingerprint density at radius 2 is 2.25 bits per heavy atom. The molecule has 1 amide bonds. The van der Waals surface area contributed by atoms with Gasteiger partial charge in [-0.25, -0.2) is 0 Å². The number of amides is 1. The van der Waals surface area contributed by atoms with Crippen molar-refractivity contribution in [2.24, 2.45) is 11.8 Å². The molecule has 4 heteroatoms. The van der Waals surface area contributed by atoms with Crippen molar-refractivity contribution in [1.29, 1.82) is 0 Å². The summed E-state index contributed by atoms with van der Waals surface area (Å²) < 4.78 is 11.3. The minimum absolute atomic E-state index is 0.123. The van der Waals surface area contributed by atoms with Gasteiger partial charge < -0.3 is 14.5 Å². The van der Waals surface area contributed by atoms with Crippen molar-refractivity contribution in [1.82, 2.24) is 5.32 Å². The van der Waals surface area contributed by atoms with Gasteiger partial charge in [0.1, 0.15) is 5.76 Å². The van der Waals surface area contributed by atoms with Crippen molar-refractivity contribution in [3.8, 4) is 0 Å². The number of aryl methyl sites for hydroxylation is 2. The number of furan rings is 1. The highest BCUT2D eigenvalue weighted by molar-refractivity contribution is 5.91. The number of hydrogen-bond donors (Lipinski definition) is 1. The maximum atomic E-state index is 12.1. The maximum absolute atomic E-state index is 12.1. The zero-order chi connectivity index (χ0) is 14.7. The molecule has 0 bridgehead atoms. The van der Waals surface area contributed by atoms with E-state index in [0.717, 1.165) is 30.8 Å². The van der Waals surface area contributed by atoms with Crippen molar-refractivity contribution >= 4 is 5.91 Å². The van der Waals surface area contributed by atoms with E-state index in [9.17, 15) is 4.79 Å². The monoisotopic (exact) mass is 279 g/mol. The molecule has 2 heterocycles. The molecular weight excluding hydrogens is 254 g/mol. The standard InChI is InChI=1S/C16H25NO3/c1-5-13-11(4)8-14(20-13)16(18)17-9-12-6-7-19-15(12)10(2)3/h8,10,12,15H,5-7,9H2,1-4H3,(H,17,18)/t12-,15-/m1/s1. The van der Waals surface area contributed by atoms with Gasteiger partial charge in [0.15, 0.2) is 5.76 Å². The highest BCUT2D eigenvalue weighted by Gasteiger charge is 2.31. The summed E-state index contributed by atoms with van der Waals surface area (Å²) in [5.41, 5.74) is 1.04. The number of carbonyl (C=O) groups is 1. The van der Waals surface area contributed by atoms with Crippen molar-refractivity contribution in [2.45, 2.75) is 46.6 Å². The topological polar surface area (TPSA) is 51.5 Å². The quantitative estimate of drug-likeness (QED) is 0.901. The van der Waals surface area contributed by atoms with Crippen molar-refractivity contribution in [2.75, 3.05) is 13.2 Å². The summed E-state index contributed by atoms with van der Waals surface area (Å²) in [7, 11) is 0. The van der Waals surface area contributed by atoms with Gasteiger partial charge >= 0.3 is 0 Å². The van der Waals surface area contributed by atoms with E-state index in [2.05, 4.69) is 19.2 Å². The third kappa shape index (κ3) is 3.23. The van der Waals surface area contributed by atoms with Crippen LogP contribution in [-0.4, -0.2) is 25.2 Å². The molecule has 0 spiro atoms. The average Bonchev–Trinajstić information content (AvgIpc) is 3.01. The summed E-state index contributed by atoms with van der Waals surface area (Å²) in [5, 5.41) is 2.98. The van der Waals surface area contributed by atoms with E-state index in [1.165, 1.54) is 0 Å². The zero-order valence-electron chi connectivity index (χ0n) is 12.9. The molecule has 1 aromatic rings. The van der Waals surface area contributed by atoms with Crippen LogP contribution < -0.4 is 5.32 Å². The SMILES string of the molecule is CCc1oc(C(=O)NC[C@H]2CCO[C@@H]2C(C)C)cc1C. The Labute approximate surface area is 120 Å². The van der Waals surface area contributed by atoms with Crippen molar-refractivity contribution < 1.29 is 13.9 Å². The third-order valence-electron chi connectivity index (χ3n) is 4.01. The van der Waals surface area contributed by atoms with Crippen LogP contribution in [0.2, 0.25) is 0 Å². The highest BCUT2D eigenvalue weighted by Crippen LogP contribution is 2.26. The minimum atomic E-state index is -0.123. The lowest BCUT2D eigenvalue weighted by Gasteiger charge is -2.21. The zero-order valence-corrected chi connectivity index (χ0v) is 12.9. The number of rotatable bonds is 5. The lowest BCUT2D eigenvalue weighted by Crippen LogP contribution is -2.34. The predicted molar refractivity (Wildman–Crippen MR) is 77.8 cm³/mol. The van der Waals surface area contributed by atoms with Gasteiger partial charge in [0.25, 0.3) is 5.91 Å². The van der Waals surface area contributed by atoms with E-state index < -0.39 is 0 Å². The molecule has 20 heavy (non-hydrogen) atoms. The van der Waals surface area contributed by atoms with Gasteiger partial charge in [-0.1, -0.05) is 20.8 Å². The first-order chi connectivity index (χ1) is 9.52. The second kappa shape index (κ2) is 6.44. The molecule has 0 aromatic carbocycles. The fourth-order valence-electron chi connectivity index (χ4n) is 2.90. The molecule has 1 fully saturated rings. The molecule has 1 N–H and O–H groups in total. The molecule has 4 nitrogen and oxygen atoms in total. The molecule has 0 radical (unpaired) electrons. The Kier molecular flexibility index (Phi) is 4.86. The molecule has 112 valence electrons. The van der Waals surface area contributed by atoms with Crippen LogP contribution in [0.3, 0.4) is 0 Å². The van der Waals surface area contributed by atoms with Gasteiger partial charge in [-0.15, -0.1) is 0 Å². The molecule has 1 aliphatic heterocycles. The third-order valence-corrected chi connectivity index (χ3v) is 4.01. The molecule has 0 aliphatic carbocycles. The molecule has 2 rings (SSSR count). The first kappa shape index (κ1) is 15.1. The lowest BCUT2D eigenvalue weighted by molar-refractivity contribution is 0.0531. The van der Waals surface area contributed by atoms with E-state index in [4.69, 9.17) is 9.15 Å². The van der Waals surface area contributed by atoms with Crippen LogP contribution in [0, 0.1) is 18.8 Å². The molecule has 2 atom stereocenters. The van der Waals surface area contributed by atoms with E-state index >= 15 is 0 Å². The molecule has 1 aliphatic rings. The van der Waals surface area contributed by atoms with Crippen LogP contribution in [-0.2, 0) is 11.2 Å². The summed E-state index contributed by atoms with van der Waals surface area (Å²) >= 11 is 0. The Bertz CT molecular complexity index is 464. The van der Waals surface area contributed by atoms with Crippen molar-refractivity contribution in [3.05, 3.63) is 23.2 Å². The van der Waals surface area contributed by atoms with Crippen LogP contribution in [0.1, 0.15) is 49.1 Å². The highest BCUT2D eigenvalue weighted by atomic mass is 16.5. The average molecular weight is 279 g/mol. The Morgan fingerprint density at radius 3 is 2.85 bits per heavy atom. The number of carbonyl (C=O) groups excluding carboxylic acids is 1. The first-order valence-corrected chi connectivity index (χ1v) is 7.52. The van der Waals surface area contributed by atoms with Crippen LogP contribution >= 0.6 is 0 Å². The Hall–Kier alpha value is -1.29. The largest absolute Gasteiger partial charge is 0.456 e. The predicted octanol–water partition coefficient (Wildman–Crippen LogP) is 2.94. The Morgan fingerprint density at radius 1 is 1.50 bits per heavy atom. The lowest BCUT2D eigenvalue weighted by atomic mass is 9.93. The van der Waals surface area contributed by atoms with Gasteiger partial charge in [-0.2, -0.15) is 0 Å². The van der Waals surface area contributed by atoms with Gasteiger partial charge in [-0.3, -0.25) is 4.79 Å². The fraction of sp³-hybridized carbons (Fsp3) is 0.688. The maximum Gasteiger partial charge on any atom is 0.287 e. The summed E-state index contributed by atoms with van der Waals surface area (Å²) in [4.78, 5) is 12.1. The van der Waals surface area contributed by atoms with E-state index in [1.54, 1.807) is 0 Å². The van der Waals surface area contributed by atoms with Crippen LogP contribution in [0.5, 0.6) is 0 Å². The number of hydrogen-bond acceptors (Lipinski definition) is 3. The molecule has 1 saturated heterocycles. The summed E-state index contributed by atoms with van der Waals surface area (Å²) in [6.45, 7) is 9.77. The van der Waals surface area contributed by atoms with Crippen LogP contribution in [0.25, 0.3) is 0 Å². The second-order valence-corrected chi connectivity index (χ2v) is 5.91. The molecular formula is C16H25NO3. The van der Waals surface area contributed by atoms with Gasteiger partial charge in [0, 0.05) is 25.5 Å². The summed E-state index contributed by atoms with van der Waals surface area (Å²) in [6.07, 6.45) is 2.07. The van der Waals surface area contributed by atoms with Crippen LogP contribution in [0.4, 0.5) is 0 Å². The number of nitrogens with one attached hydrogen (secondary N) is 1. The van der Waals surface area contributed by atoms with Gasteiger partial charge in [0.2, 0.25) is 0 Å². The Balaban J connectivity index is 1.91. The van der Waals surface area contributed by atoms with Gasteiger partial charge in [0.05, 0.1) is 6.10 Å². The van der Waals surface area contributed by atoms with E-state index in [1.807, 2.05) is 19.9 Å². The molecule has 0 unspecified atom stereocenters. The molecule has 1 aromatic heterocycles. The van der Waals surface area contributed by atoms with E-state index in [0.29, 0.717) is 24.1 Å². The normalized spacial score (nSPS) is 22.4. The first-order valence-electron chi connectivity index (χ1n) is 7.52. The fourth-order valence-corrected chi connectivity index (χ4v) is 2.90. The number of ether oxygens (including phenoxy) is 1. The summed E-state index contributed by atoms with van der Waals surface area (Å²) in [6, 6.07) is 1.82. The van der Waals surface area contributed by atoms with E-state index in [-0.39, 0.29) is 12.0 Å². The molecule has 0 saturated carbocycles.